The fraction of sp³-hybridized carbons (Fsp3) is 0.148. The second kappa shape index (κ2) is 9.83. The number of hydrogen-bond donors (Lipinski definition) is 1. The monoisotopic (exact) mass is 562 g/mol. The number of carbonyl (C=O) groups is 1. The van der Waals surface area contributed by atoms with Crippen molar-refractivity contribution in [1.82, 2.24) is 14.5 Å². The number of benzene rings is 3. The number of halogens is 1. The number of carbonyl (C=O) groups excluding carboxylic acids is 1. The molecule has 0 unspecified atom stereocenters. The lowest BCUT2D eigenvalue weighted by Gasteiger charge is -2.13. The minimum Gasteiger partial charge on any atom is -0.309 e. The van der Waals surface area contributed by atoms with Crippen LogP contribution in [-0.2, 0) is 16.4 Å². The van der Waals surface area contributed by atoms with E-state index in [0.717, 1.165) is 17.3 Å². The Morgan fingerprint density at radius 3 is 2.33 bits per heavy atom. The molecule has 9 heteroatoms. The molecule has 2 aromatic heterocycles. The van der Waals surface area contributed by atoms with Crippen LogP contribution >= 0.6 is 15.9 Å². The second-order valence-electron chi connectivity index (χ2n) is 8.35. The summed E-state index contributed by atoms with van der Waals surface area (Å²) in [5, 5.41) is 2.90. The van der Waals surface area contributed by atoms with Crippen LogP contribution in [0.15, 0.2) is 93.1 Å². The lowest BCUT2D eigenvalue weighted by molar-refractivity contribution is 0.102. The maximum atomic E-state index is 14.0. The zero-order valence-electron chi connectivity index (χ0n) is 19.5. The van der Waals surface area contributed by atoms with Gasteiger partial charge in [-0.15, -0.1) is 0 Å². The number of sulfone groups is 1. The molecule has 1 amide bonds. The Labute approximate surface area is 217 Å². The fourth-order valence-corrected chi connectivity index (χ4v) is 6.07. The van der Waals surface area contributed by atoms with Crippen molar-refractivity contribution < 1.29 is 13.2 Å². The third kappa shape index (κ3) is 4.40. The van der Waals surface area contributed by atoms with Crippen molar-refractivity contribution in [3.63, 3.8) is 0 Å². The molecule has 2 heterocycles. The van der Waals surface area contributed by atoms with Crippen LogP contribution in [0.2, 0.25) is 0 Å². The third-order valence-corrected chi connectivity index (χ3v) is 8.19. The molecule has 3 aromatic carbocycles. The smallest absolute Gasteiger partial charge is 0.256 e. The number of fused-ring (bicyclic) bond motifs is 2. The first kappa shape index (κ1) is 24.1. The number of aromatic nitrogens is 3. The predicted octanol–water partition coefficient (Wildman–Crippen LogP) is 6.23. The molecule has 5 aromatic rings. The van der Waals surface area contributed by atoms with E-state index >= 15 is 0 Å². The maximum Gasteiger partial charge on any atom is 0.256 e. The SMILES string of the molecule is CCCCn1c(NC(=O)c2cccc(Br)c2)c(S(=O)(=O)c2ccccc2)c2nc3ccccc3nc21. The largest absolute Gasteiger partial charge is 0.309 e. The minimum absolute atomic E-state index is 0.0543. The van der Waals surface area contributed by atoms with Crippen molar-refractivity contribution in [2.45, 2.75) is 36.1 Å². The van der Waals surface area contributed by atoms with Gasteiger partial charge in [0.15, 0.2) is 5.65 Å². The highest BCUT2D eigenvalue weighted by atomic mass is 79.9. The molecule has 5 rings (SSSR count). The summed E-state index contributed by atoms with van der Waals surface area (Å²) in [6.45, 7) is 2.52. The van der Waals surface area contributed by atoms with Gasteiger partial charge in [0.1, 0.15) is 16.2 Å². The summed E-state index contributed by atoms with van der Waals surface area (Å²) in [5.74, 6) is -0.256. The van der Waals surface area contributed by atoms with Gasteiger partial charge >= 0.3 is 0 Å². The number of para-hydroxylation sites is 2. The molecule has 0 bridgehead atoms. The van der Waals surface area contributed by atoms with E-state index in [0.29, 0.717) is 28.8 Å². The standard InChI is InChI=1S/C27H23BrN4O3S/c1-2-3-16-32-25-23(29-21-14-7-8-15-22(21)30-25)24(36(34,35)20-12-5-4-6-13-20)26(32)31-27(33)18-10-9-11-19(28)17-18/h4-15,17H,2-3,16H2,1H3,(H,31,33). The number of nitrogens with one attached hydrogen (secondary N) is 1. The van der Waals surface area contributed by atoms with Gasteiger partial charge < -0.3 is 9.88 Å². The summed E-state index contributed by atoms with van der Waals surface area (Å²) in [5.41, 5.74) is 2.27. The minimum atomic E-state index is -4.05. The molecule has 1 N–H and O–H groups in total. The molecule has 0 radical (unpaired) electrons. The van der Waals surface area contributed by atoms with E-state index in [1.54, 1.807) is 59.2 Å². The highest BCUT2D eigenvalue weighted by Crippen LogP contribution is 2.37. The number of rotatable bonds is 7. The van der Waals surface area contributed by atoms with Crippen LogP contribution in [0.4, 0.5) is 5.82 Å². The Bertz CT molecular complexity index is 1700. The van der Waals surface area contributed by atoms with Gasteiger partial charge in [0.2, 0.25) is 9.84 Å². The van der Waals surface area contributed by atoms with Gasteiger partial charge in [0.25, 0.3) is 5.91 Å². The van der Waals surface area contributed by atoms with Gasteiger partial charge in [-0.1, -0.05) is 65.7 Å². The summed E-state index contributed by atoms with van der Waals surface area (Å²) in [6, 6.07) is 22.4. The Kier molecular flexibility index (Phi) is 6.59. The summed E-state index contributed by atoms with van der Waals surface area (Å²) in [6.07, 6.45) is 1.64. The van der Waals surface area contributed by atoms with Crippen molar-refractivity contribution in [3.05, 3.63) is 88.9 Å². The quantitative estimate of drug-likeness (QED) is 0.253. The normalized spacial score (nSPS) is 11.7. The number of amides is 1. The molecule has 0 aliphatic rings. The van der Waals surface area contributed by atoms with Crippen molar-refractivity contribution in [2.75, 3.05) is 5.32 Å². The Morgan fingerprint density at radius 2 is 1.64 bits per heavy atom. The molecule has 36 heavy (non-hydrogen) atoms. The summed E-state index contributed by atoms with van der Waals surface area (Å²) in [7, 11) is -4.05. The molecule has 0 spiro atoms. The molecule has 0 atom stereocenters. The first-order valence-electron chi connectivity index (χ1n) is 11.6. The molecule has 0 saturated carbocycles. The Morgan fingerprint density at radius 1 is 0.944 bits per heavy atom. The molecule has 7 nitrogen and oxygen atoms in total. The highest BCUT2D eigenvalue weighted by Gasteiger charge is 2.32. The molecular weight excluding hydrogens is 540 g/mol. The molecule has 182 valence electrons. The second-order valence-corrected chi connectivity index (χ2v) is 11.2. The number of unbranched alkanes of at least 4 members (excludes halogenated alkanes) is 1. The van der Waals surface area contributed by atoms with Crippen LogP contribution in [-0.4, -0.2) is 28.9 Å². The Hall–Kier alpha value is -3.56. The number of nitrogens with zero attached hydrogens (tertiary/aromatic N) is 3. The lowest BCUT2D eigenvalue weighted by atomic mass is 10.2. The van der Waals surface area contributed by atoms with E-state index < -0.39 is 15.7 Å². The van der Waals surface area contributed by atoms with Crippen LogP contribution < -0.4 is 5.32 Å². The van der Waals surface area contributed by atoms with Crippen molar-refractivity contribution in [2.24, 2.45) is 0 Å². The van der Waals surface area contributed by atoms with Gasteiger partial charge in [-0.3, -0.25) is 4.79 Å². The first-order chi connectivity index (χ1) is 17.4. The third-order valence-electron chi connectivity index (χ3n) is 5.88. The summed E-state index contributed by atoms with van der Waals surface area (Å²) < 4.78 is 30.6. The first-order valence-corrected chi connectivity index (χ1v) is 13.8. The van der Waals surface area contributed by atoms with E-state index in [1.165, 1.54) is 0 Å². The molecule has 0 saturated heterocycles. The van der Waals surface area contributed by atoms with Crippen LogP contribution in [0, 0.1) is 0 Å². The zero-order valence-corrected chi connectivity index (χ0v) is 21.9. The molecule has 0 fully saturated rings. The van der Waals surface area contributed by atoms with Gasteiger partial charge in [0.05, 0.1) is 15.9 Å². The van der Waals surface area contributed by atoms with E-state index in [-0.39, 0.29) is 21.1 Å². The van der Waals surface area contributed by atoms with Crippen LogP contribution in [0.1, 0.15) is 30.1 Å². The van der Waals surface area contributed by atoms with Crippen molar-refractivity contribution >= 4 is 59.7 Å². The average Bonchev–Trinajstić information content (AvgIpc) is 3.18. The van der Waals surface area contributed by atoms with Gasteiger partial charge in [-0.05, 0) is 48.9 Å². The van der Waals surface area contributed by atoms with Crippen LogP contribution in [0.3, 0.4) is 0 Å². The maximum absolute atomic E-state index is 14.0. The van der Waals surface area contributed by atoms with E-state index in [1.807, 2.05) is 31.2 Å². The fourth-order valence-electron chi connectivity index (χ4n) is 4.11. The van der Waals surface area contributed by atoms with Crippen LogP contribution in [0.5, 0.6) is 0 Å². The van der Waals surface area contributed by atoms with Gasteiger partial charge in [-0.25, -0.2) is 18.4 Å². The van der Waals surface area contributed by atoms with E-state index in [4.69, 9.17) is 9.97 Å². The topological polar surface area (TPSA) is 94.0 Å². The van der Waals surface area contributed by atoms with Gasteiger partial charge in [0, 0.05) is 16.6 Å². The van der Waals surface area contributed by atoms with Crippen molar-refractivity contribution in [1.29, 1.82) is 0 Å². The average molecular weight is 563 g/mol. The molecular formula is C27H23BrN4O3S. The number of anilines is 1. The van der Waals surface area contributed by atoms with E-state index in [9.17, 15) is 13.2 Å². The zero-order chi connectivity index (χ0) is 25.3. The number of aryl methyl sites for hydroxylation is 1. The van der Waals surface area contributed by atoms with Crippen LogP contribution in [0.25, 0.3) is 22.2 Å². The molecule has 0 aliphatic carbocycles. The number of hydrogen-bond acceptors (Lipinski definition) is 5. The lowest BCUT2D eigenvalue weighted by Crippen LogP contribution is -2.18. The molecule has 0 aliphatic heterocycles. The van der Waals surface area contributed by atoms with E-state index in [2.05, 4.69) is 21.2 Å². The highest BCUT2D eigenvalue weighted by molar-refractivity contribution is 9.10. The summed E-state index contributed by atoms with van der Waals surface area (Å²) in [4.78, 5) is 22.9. The van der Waals surface area contributed by atoms with Gasteiger partial charge in [-0.2, -0.15) is 0 Å². The summed E-state index contributed by atoms with van der Waals surface area (Å²) >= 11 is 3.39. The predicted molar refractivity (Wildman–Crippen MR) is 144 cm³/mol. The Balaban J connectivity index is 1.82. The van der Waals surface area contributed by atoms with Crippen molar-refractivity contribution in [3.8, 4) is 0 Å².